The number of nitrogens with zero attached hydrogens (tertiary/aromatic N) is 3. The van der Waals surface area contributed by atoms with Gasteiger partial charge in [-0.15, -0.1) is 0 Å². The lowest BCUT2D eigenvalue weighted by Gasteiger charge is -2.18. The van der Waals surface area contributed by atoms with E-state index in [1.807, 2.05) is 0 Å². The Balaban J connectivity index is 1.41. The van der Waals surface area contributed by atoms with E-state index in [1.54, 1.807) is 24.3 Å². The number of amides is 2. The standard InChI is InChI=1S/C26H22F6N4O2/c27-25(28,29)20-12-16(23(37)35-8-1-2-9-35)11-18-19(20)14-36(24(18)38)17-5-3-4-15(10-17)6-7-22-21(13-33-34-22)26(30,31)32/h3-5,10-13H,1-2,6-9,14H2,(H,33,34). The average molecular weight is 536 g/mol. The molecule has 0 atom stereocenters. The first-order valence-corrected chi connectivity index (χ1v) is 12.0. The van der Waals surface area contributed by atoms with Gasteiger partial charge in [-0.3, -0.25) is 14.7 Å². The lowest BCUT2D eigenvalue weighted by molar-refractivity contribution is -0.139. The highest BCUT2D eigenvalue weighted by atomic mass is 19.4. The molecule has 2 aliphatic heterocycles. The van der Waals surface area contributed by atoms with Crippen molar-refractivity contribution in [2.45, 2.75) is 44.6 Å². The Kier molecular flexibility index (Phi) is 6.44. The molecule has 3 heterocycles. The third kappa shape index (κ3) is 4.86. The van der Waals surface area contributed by atoms with Crippen LogP contribution in [0.3, 0.4) is 0 Å². The van der Waals surface area contributed by atoms with Crippen molar-refractivity contribution in [1.29, 1.82) is 0 Å². The summed E-state index contributed by atoms with van der Waals surface area (Å²) < 4.78 is 81.3. The molecule has 1 fully saturated rings. The van der Waals surface area contributed by atoms with Crippen molar-refractivity contribution in [2.24, 2.45) is 0 Å². The van der Waals surface area contributed by atoms with Crippen LogP contribution in [0.15, 0.2) is 42.6 Å². The maximum atomic E-state index is 14.0. The molecule has 1 aromatic heterocycles. The van der Waals surface area contributed by atoms with E-state index >= 15 is 0 Å². The predicted octanol–water partition coefficient (Wildman–Crippen LogP) is 5.63. The summed E-state index contributed by atoms with van der Waals surface area (Å²) in [4.78, 5) is 28.8. The number of aryl methyl sites for hydroxylation is 2. The second kappa shape index (κ2) is 9.48. The maximum Gasteiger partial charge on any atom is 0.419 e. The molecule has 2 amide bonds. The van der Waals surface area contributed by atoms with Gasteiger partial charge < -0.3 is 9.80 Å². The van der Waals surface area contributed by atoms with Crippen LogP contribution in [0.4, 0.5) is 32.0 Å². The molecule has 6 nitrogen and oxygen atoms in total. The van der Waals surface area contributed by atoms with Crippen molar-refractivity contribution in [3.05, 3.63) is 81.7 Å². The summed E-state index contributed by atoms with van der Waals surface area (Å²) >= 11 is 0. The molecule has 1 N–H and O–H groups in total. The largest absolute Gasteiger partial charge is 0.419 e. The summed E-state index contributed by atoms with van der Waals surface area (Å²) in [6, 6.07) is 8.40. The number of benzene rings is 2. The van der Waals surface area contributed by atoms with Crippen molar-refractivity contribution < 1.29 is 35.9 Å². The molecule has 200 valence electrons. The number of hydrogen-bond donors (Lipinski definition) is 1. The third-order valence-electron chi connectivity index (χ3n) is 6.88. The molecule has 2 aliphatic rings. The summed E-state index contributed by atoms with van der Waals surface area (Å²) in [5.74, 6) is -1.22. The zero-order valence-electron chi connectivity index (χ0n) is 19.9. The van der Waals surface area contributed by atoms with Gasteiger partial charge in [0.15, 0.2) is 0 Å². The van der Waals surface area contributed by atoms with E-state index in [4.69, 9.17) is 0 Å². The third-order valence-corrected chi connectivity index (χ3v) is 6.88. The van der Waals surface area contributed by atoms with Gasteiger partial charge in [-0.25, -0.2) is 0 Å². The van der Waals surface area contributed by atoms with Crippen molar-refractivity contribution in [2.75, 3.05) is 18.0 Å². The van der Waals surface area contributed by atoms with E-state index < -0.39 is 35.3 Å². The van der Waals surface area contributed by atoms with E-state index in [0.717, 1.165) is 25.1 Å². The Bertz CT molecular complexity index is 1390. The molecule has 2 aromatic carbocycles. The Morgan fingerprint density at radius 2 is 1.66 bits per heavy atom. The monoisotopic (exact) mass is 536 g/mol. The van der Waals surface area contributed by atoms with Gasteiger partial charge in [0.2, 0.25) is 0 Å². The first-order chi connectivity index (χ1) is 17.9. The molecule has 0 bridgehead atoms. The van der Waals surface area contributed by atoms with Gasteiger partial charge in [-0.1, -0.05) is 12.1 Å². The summed E-state index contributed by atoms with van der Waals surface area (Å²) in [7, 11) is 0. The smallest absolute Gasteiger partial charge is 0.339 e. The Morgan fingerprint density at radius 1 is 0.947 bits per heavy atom. The maximum absolute atomic E-state index is 14.0. The van der Waals surface area contributed by atoms with Crippen LogP contribution in [-0.4, -0.2) is 40.0 Å². The highest BCUT2D eigenvalue weighted by molar-refractivity contribution is 6.11. The Labute approximate surface area is 213 Å². The van der Waals surface area contributed by atoms with Gasteiger partial charge in [-0.2, -0.15) is 31.4 Å². The van der Waals surface area contributed by atoms with Gasteiger partial charge >= 0.3 is 12.4 Å². The van der Waals surface area contributed by atoms with Crippen LogP contribution in [0.2, 0.25) is 0 Å². The number of rotatable bonds is 5. The zero-order chi connectivity index (χ0) is 27.2. The molecular weight excluding hydrogens is 514 g/mol. The fourth-order valence-electron chi connectivity index (χ4n) is 4.99. The number of likely N-dealkylation sites (tertiary alicyclic amines) is 1. The Hall–Kier alpha value is -3.83. The van der Waals surface area contributed by atoms with Crippen molar-refractivity contribution in [3.63, 3.8) is 0 Å². The highest BCUT2D eigenvalue weighted by Crippen LogP contribution is 2.40. The minimum absolute atomic E-state index is 0.0316. The molecular formula is C26H22F6N4O2. The number of nitrogens with one attached hydrogen (secondary N) is 1. The summed E-state index contributed by atoms with van der Waals surface area (Å²) in [5, 5.41) is 5.89. The van der Waals surface area contributed by atoms with E-state index in [2.05, 4.69) is 10.2 Å². The molecule has 3 aromatic rings. The number of fused-ring (bicyclic) bond motifs is 1. The first kappa shape index (κ1) is 25.8. The van der Waals surface area contributed by atoms with Crippen LogP contribution in [0.25, 0.3) is 0 Å². The average Bonchev–Trinajstić information content (AvgIpc) is 3.62. The quantitative estimate of drug-likeness (QED) is 0.430. The number of aromatic nitrogens is 2. The Morgan fingerprint density at radius 3 is 2.34 bits per heavy atom. The van der Waals surface area contributed by atoms with E-state index in [0.29, 0.717) is 24.3 Å². The number of aromatic amines is 1. The van der Waals surface area contributed by atoms with Crippen molar-refractivity contribution in [1.82, 2.24) is 15.1 Å². The van der Waals surface area contributed by atoms with Gasteiger partial charge in [0.25, 0.3) is 11.8 Å². The van der Waals surface area contributed by atoms with Gasteiger partial charge in [0, 0.05) is 36.1 Å². The molecule has 38 heavy (non-hydrogen) atoms. The van der Waals surface area contributed by atoms with E-state index in [-0.39, 0.29) is 41.8 Å². The summed E-state index contributed by atoms with van der Waals surface area (Å²) in [6.07, 6.45) is -6.87. The molecule has 5 rings (SSSR count). The number of halogens is 6. The molecule has 0 saturated carbocycles. The van der Waals surface area contributed by atoms with E-state index in [1.165, 1.54) is 15.9 Å². The van der Waals surface area contributed by atoms with Crippen LogP contribution in [-0.2, 0) is 31.7 Å². The van der Waals surface area contributed by atoms with E-state index in [9.17, 15) is 35.9 Å². The molecule has 12 heteroatoms. The number of alkyl halides is 6. The lowest BCUT2D eigenvalue weighted by atomic mass is 9.98. The van der Waals surface area contributed by atoms with Crippen LogP contribution in [0.1, 0.15) is 61.5 Å². The second-order valence-electron chi connectivity index (χ2n) is 9.35. The number of hydrogen-bond acceptors (Lipinski definition) is 3. The molecule has 0 radical (unpaired) electrons. The topological polar surface area (TPSA) is 69.3 Å². The fourth-order valence-corrected chi connectivity index (χ4v) is 4.99. The SMILES string of the molecule is O=C(c1cc2c(c(C(F)(F)F)c1)CN(c1cccc(CCc3n[nH]cc3C(F)(F)F)c1)C2=O)N1CCCC1. The minimum atomic E-state index is -4.77. The number of carbonyl (C=O) groups is 2. The number of carbonyl (C=O) groups excluding carboxylic acids is 2. The number of anilines is 1. The lowest BCUT2D eigenvalue weighted by Crippen LogP contribution is -2.28. The highest BCUT2D eigenvalue weighted by Gasteiger charge is 2.41. The predicted molar refractivity (Wildman–Crippen MR) is 125 cm³/mol. The molecule has 0 spiro atoms. The minimum Gasteiger partial charge on any atom is -0.339 e. The van der Waals surface area contributed by atoms with Crippen LogP contribution >= 0.6 is 0 Å². The van der Waals surface area contributed by atoms with Gasteiger partial charge in [-0.05, 0) is 61.1 Å². The first-order valence-electron chi connectivity index (χ1n) is 12.0. The zero-order valence-corrected chi connectivity index (χ0v) is 19.9. The molecule has 0 unspecified atom stereocenters. The van der Waals surface area contributed by atoms with Gasteiger partial charge in [0.1, 0.15) is 0 Å². The van der Waals surface area contributed by atoms with Crippen LogP contribution < -0.4 is 4.90 Å². The molecule has 1 saturated heterocycles. The normalized spacial score (nSPS) is 15.9. The second-order valence-corrected chi connectivity index (χ2v) is 9.35. The van der Waals surface area contributed by atoms with Crippen LogP contribution in [0, 0.1) is 0 Å². The summed E-state index contributed by atoms with van der Waals surface area (Å²) in [6.45, 7) is 0.558. The number of H-pyrrole nitrogens is 1. The summed E-state index contributed by atoms with van der Waals surface area (Å²) in [5.41, 5.74) is -1.72. The van der Waals surface area contributed by atoms with Crippen LogP contribution in [0.5, 0.6) is 0 Å². The molecule has 0 aliphatic carbocycles. The van der Waals surface area contributed by atoms with Crippen molar-refractivity contribution >= 4 is 17.5 Å². The fraction of sp³-hybridized carbons (Fsp3) is 0.346. The van der Waals surface area contributed by atoms with Crippen molar-refractivity contribution in [3.8, 4) is 0 Å². The van der Waals surface area contributed by atoms with Gasteiger partial charge in [0.05, 0.1) is 23.4 Å².